The predicted molar refractivity (Wildman–Crippen MR) is 186 cm³/mol. The average Bonchev–Trinajstić information content (AvgIpc) is 3.66. The number of H-pyrrole nitrogens is 2. The Labute approximate surface area is 276 Å². The molecule has 236 valence electrons. The van der Waals surface area contributed by atoms with Crippen LogP contribution in [0.3, 0.4) is 0 Å². The summed E-state index contributed by atoms with van der Waals surface area (Å²) in [5.41, 5.74) is 13.7. The van der Waals surface area contributed by atoms with Gasteiger partial charge in [-0.1, -0.05) is 73.5 Å². The maximum absolute atomic E-state index is 4.76. The molecular weight excluding hydrogens is 576 g/mol. The van der Waals surface area contributed by atoms with Crippen LogP contribution in [0.15, 0.2) is 73.1 Å². The zero-order chi connectivity index (χ0) is 30.7. The normalized spacial score (nSPS) is 29.3. The van der Waals surface area contributed by atoms with Crippen LogP contribution in [-0.4, -0.2) is 32.0 Å². The van der Waals surface area contributed by atoms with Crippen LogP contribution in [0.5, 0.6) is 0 Å². The lowest BCUT2D eigenvalue weighted by Crippen LogP contribution is -2.19. The van der Waals surface area contributed by atoms with E-state index in [9.17, 15) is 0 Å². The van der Waals surface area contributed by atoms with Gasteiger partial charge in [0, 0.05) is 12.1 Å². The Morgan fingerprint density at radius 2 is 1.06 bits per heavy atom. The highest BCUT2D eigenvalue weighted by atomic mass is 15.1. The molecule has 2 aromatic heterocycles. The van der Waals surface area contributed by atoms with E-state index in [2.05, 4.69) is 81.3 Å². The fourth-order valence-corrected chi connectivity index (χ4v) is 10.1. The van der Waals surface area contributed by atoms with Crippen molar-refractivity contribution in [1.29, 1.82) is 0 Å². The van der Waals surface area contributed by atoms with E-state index in [1.54, 1.807) is 11.1 Å². The number of piperidine rings is 2. The zero-order valence-corrected chi connectivity index (χ0v) is 26.9. The fraction of sp³-hybridized carbons (Fsp3) is 0.415. The molecule has 5 aromatic rings. The van der Waals surface area contributed by atoms with Crippen molar-refractivity contribution in [3.8, 4) is 44.8 Å². The van der Waals surface area contributed by atoms with Crippen LogP contribution in [0.2, 0.25) is 0 Å². The van der Waals surface area contributed by atoms with E-state index in [0.717, 1.165) is 47.0 Å². The quantitative estimate of drug-likeness (QED) is 0.154. The molecular formula is C41H42N6. The summed E-state index contributed by atoms with van der Waals surface area (Å²) < 4.78 is 0. The Balaban J connectivity index is 0.896. The first-order valence-electron chi connectivity index (χ1n) is 18.2. The van der Waals surface area contributed by atoms with Crippen molar-refractivity contribution >= 4 is 0 Å². The third kappa shape index (κ3) is 4.37. The smallest absolute Gasteiger partial charge is 0.123 e. The number of nitrogens with zero attached hydrogens (tertiary/aromatic N) is 2. The molecule has 6 atom stereocenters. The first-order valence-corrected chi connectivity index (χ1v) is 18.2. The largest absolute Gasteiger partial charge is 0.341 e. The van der Waals surface area contributed by atoms with Gasteiger partial charge in [-0.15, -0.1) is 0 Å². The van der Waals surface area contributed by atoms with Crippen LogP contribution in [-0.2, 0) is 11.8 Å². The first-order chi connectivity index (χ1) is 23.2. The number of aromatic amines is 2. The van der Waals surface area contributed by atoms with Crippen molar-refractivity contribution in [3.05, 3.63) is 95.8 Å². The summed E-state index contributed by atoms with van der Waals surface area (Å²) in [6, 6.07) is 25.5. The maximum Gasteiger partial charge on any atom is 0.123 e. The van der Waals surface area contributed by atoms with Crippen molar-refractivity contribution in [3.63, 3.8) is 0 Å². The fourth-order valence-electron chi connectivity index (χ4n) is 10.1. The summed E-state index contributed by atoms with van der Waals surface area (Å²) in [5, 5.41) is 7.45. The van der Waals surface area contributed by atoms with Crippen LogP contribution >= 0.6 is 0 Å². The van der Waals surface area contributed by atoms with Crippen molar-refractivity contribution in [2.75, 3.05) is 0 Å². The highest BCUT2D eigenvalue weighted by Gasteiger charge is 2.48. The van der Waals surface area contributed by atoms with E-state index >= 15 is 0 Å². The zero-order valence-electron chi connectivity index (χ0n) is 26.9. The van der Waals surface area contributed by atoms with Crippen LogP contribution in [0.25, 0.3) is 44.8 Å². The van der Waals surface area contributed by atoms with E-state index in [1.807, 2.05) is 12.4 Å². The average molecular weight is 619 g/mol. The molecule has 0 amide bonds. The highest BCUT2D eigenvalue weighted by molar-refractivity contribution is 5.81. The Morgan fingerprint density at radius 3 is 1.60 bits per heavy atom. The summed E-state index contributed by atoms with van der Waals surface area (Å²) in [5.74, 6) is 3.91. The topological polar surface area (TPSA) is 81.4 Å². The summed E-state index contributed by atoms with van der Waals surface area (Å²) >= 11 is 0. The lowest BCUT2D eigenvalue weighted by molar-refractivity contribution is 0.440. The number of nitrogens with one attached hydrogen (secondary N) is 4. The molecule has 1 spiro atoms. The van der Waals surface area contributed by atoms with Gasteiger partial charge in [0.15, 0.2) is 0 Å². The molecule has 47 heavy (non-hydrogen) atoms. The molecule has 6 aliphatic rings. The molecule has 6 nitrogen and oxygen atoms in total. The second-order valence-corrected chi connectivity index (χ2v) is 15.6. The van der Waals surface area contributed by atoms with E-state index in [4.69, 9.17) is 9.97 Å². The van der Waals surface area contributed by atoms with Crippen molar-refractivity contribution in [1.82, 2.24) is 30.6 Å². The monoisotopic (exact) mass is 618 g/mol. The van der Waals surface area contributed by atoms with Gasteiger partial charge in [0.25, 0.3) is 0 Å². The number of imidazole rings is 2. The predicted octanol–water partition coefficient (Wildman–Crippen LogP) is 8.40. The van der Waals surface area contributed by atoms with Crippen molar-refractivity contribution in [2.24, 2.45) is 11.8 Å². The number of hydrogen-bond acceptors (Lipinski definition) is 4. The third-order valence-corrected chi connectivity index (χ3v) is 12.9. The van der Waals surface area contributed by atoms with Crippen LogP contribution in [0, 0.1) is 11.8 Å². The molecule has 4 aliphatic carbocycles. The molecule has 2 saturated heterocycles. The SMILES string of the molecule is c1cc(-c2ccc(-c3ccc(-c4cnc([C@@H]5CC6CC6N5)[nH]4)cc3)c3c2CCC32CCCC2)ccc1-c1cnc([C@@H]2CC3CC3N2)[nH]1. The molecule has 4 heterocycles. The highest BCUT2D eigenvalue weighted by Crippen LogP contribution is 2.55. The number of fused-ring (bicyclic) bond motifs is 4. The summed E-state index contributed by atoms with van der Waals surface area (Å²) in [6.45, 7) is 0. The van der Waals surface area contributed by atoms with Gasteiger partial charge in [0.1, 0.15) is 11.6 Å². The number of aromatic nitrogens is 4. The lowest BCUT2D eigenvalue weighted by atomic mass is 9.76. The van der Waals surface area contributed by atoms with E-state index < -0.39 is 0 Å². The van der Waals surface area contributed by atoms with Crippen molar-refractivity contribution in [2.45, 2.75) is 93.8 Å². The molecule has 6 heteroatoms. The Kier molecular flexibility index (Phi) is 5.75. The molecule has 5 fully saturated rings. The minimum Gasteiger partial charge on any atom is -0.341 e. The molecule has 11 rings (SSSR count). The number of hydrogen-bond donors (Lipinski definition) is 4. The van der Waals surface area contributed by atoms with Crippen molar-refractivity contribution < 1.29 is 0 Å². The third-order valence-electron chi connectivity index (χ3n) is 12.9. The maximum atomic E-state index is 4.76. The summed E-state index contributed by atoms with van der Waals surface area (Å²) in [7, 11) is 0. The minimum absolute atomic E-state index is 0.327. The van der Waals surface area contributed by atoms with Gasteiger partial charge in [-0.3, -0.25) is 0 Å². The minimum atomic E-state index is 0.327. The van der Waals surface area contributed by atoms with Gasteiger partial charge < -0.3 is 20.6 Å². The molecule has 0 radical (unpaired) electrons. The van der Waals surface area contributed by atoms with Crippen LogP contribution < -0.4 is 10.6 Å². The van der Waals surface area contributed by atoms with Crippen LogP contribution in [0.4, 0.5) is 0 Å². The Morgan fingerprint density at radius 1 is 0.553 bits per heavy atom. The summed E-state index contributed by atoms with van der Waals surface area (Å²) in [6.07, 6.45) is 16.9. The van der Waals surface area contributed by atoms with E-state index in [1.165, 1.54) is 97.6 Å². The number of rotatable bonds is 6. The molecule has 0 bridgehead atoms. The second kappa shape index (κ2) is 10.0. The van der Waals surface area contributed by atoms with E-state index in [-0.39, 0.29) is 0 Å². The first kappa shape index (κ1) is 27.0. The standard InChI is InChI=1S/C41H42N6/c1-2-15-41(14-1)16-13-31-29(23-3-7-25(8-4-23)36-21-42-39(46-36)34-19-27-17-32(27)44-34)11-12-30(38(31)41)24-5-9-26(10-6-24)37-22-43-40(47-37)35-20-28-18-33(28)45-35/h3-12,21-22,27-28,32-35,44-45H,1-2,13-20H2,(H,42,46)(H,43,47)/t27?,28?,32?,33?,34-,35-/m0/s1. The van der Waals surface area contributed by atoms with Gasteiger partial charge in [-0.2, -0.15) is 0 Å². The molecule has 4 N–H and O–H groups in total. The van der Waals surface area contributed by atoms with Gasteiger partial charge in [0.2, 0.25) is 0 Å². The van der Waals surface area contributed by atoms with Gasteiger partial charge >= 0.3 is 0 Å². The van der Waals surface area contributed by atoms with Crippen LogP contribution in [0.1, 0.15) is 92.6 Å². The lowest BCUT2D eigenvalue weighted by Gasteiger charge is -2.28. The molecule has 3 saturated carbocycles. The Hall–Kier alpha value is -4.00. The van der Waals surface area contributed by atoms with Gasteiger partial charge in [-0.05, 0) is 113 Å². The van der Waals surface area contributed by atoms with Gasteiger partial charge in [-0.25, -0.2) is 9.97 Å². The molecule has 2 aliphatic heterocycles. The molecule has 4 unspecified atom stereocenters. The van der Waals surface area contributed by atoms with Gasteiger partial charge in [0.05, 0.1) is 35.9 Å². The Bertz CT molecular complexity index is 1970. The second-order valence-electron chi connectivity index (χ2n) is 15.6. The summed E-state index contributed by atoms with van der Waals surface area (Å²) in [4.78, 5) is 16.8. The van der Waals surface area contributed by atoms with E-state index in [0.29, 0.717) is 17.5 Å². The number of benzene rings is 3. The molecule has 3 aromatic carbocycles.